The number of carbonyl (C=O) groups is 1. The molecule has 3 heterocycles. The SMILES string of the molecule is COC1C(C)CCC(=O)N2CC3OCC3C1CCc1ccc(C#N)cc1CNC2=S. The number of benzene rings is 1. The number of nitrogens with zero attached hydrogens (tertiary/aromatic N) is 2. The van der Waals surface area contributed by atoms with Gasteiger partial charge in [-0.2, -0.15) is 5.26 Å². The molecule has 1 N–H and O–H groups in total. The Bertz CT molecular complexity index is 868. The Morgan fingerprint density at radius 1 is 1.27 bits per heavy atom. The fraction of sp³-hybridized carbons (Fsp3) is 0.609. The highest BCUT2D eigenvalue weighted by molar-refractivity contribution is 7.80. The molecule has 160 valence electrons. The van der Waals surface area contributed by atoms with Gasteiger partial charge in [0, 0.05) is 26.0 Å². The zero-order valence-electron chi connectivity index (χ0n) is 17.6. The van der Waals surface area contributed by atoms with E-state index in [2.05, 4.69) is 24.4 Å². The minimum Gasteiger partial charge on any atom is -0.381 e. The van der Waals surface area contributed by atoms with Gasteiger partial charge in [-0.25, -0.2) is 0 Å². The predicted molar refractivity (Wildman–Crippen MR) is 117 cm³/mol. The molecular formula is C23H29N3O3S. The Balaban J connectivity index is 1.75. The molecule has 2 bridgehead atoms. The van der Waals surface area contributed by atoms with Crippen molar-refractivity contribution in [2.24, 2.45) is 17.8 Å². The lowest BCUT2D eigenvalue weighted by Crippen LogP contribution is -2.57. The maximum atomic E-state index is 13.0. The Hall–Kier alpha value is -2.01. The van der Waals surface area contributed by atoms with Crippen molar-refractivity contribution in [3.8, 4) is 6.07 Å². The number of hydrogen-bond donors (Lipinski definition) is 1. The second-order valence-corrected chi connectivity index (χ2v) is 9.10. The van der Waals surface area contributed by atoms with Crippen LogP contribution in [0.15, 0.2) is 18.2 Å². The van der Waals surface area contributed by atoms with Crippen molar-refractivity contribution in [3.63, 3.8) is 0 Å². The number of aryl methyl sites for hydroxylation is 1. The van der Waals surface area contributed by atoms with Gasteiger partial charge in [0.05, 0.1) is 37.0 Å². The Morgan fingerprint density at radius 2 is 2.10 bits per heavy atom. The van der Waals surface area contributed by atoms with Gasteiger partial charge in [-0.15, -0.1) is 0 Å². The molecule has 30 heavy (non-hydrogen) atoms. The number of nitrogens with one attached hydrogen (secondary N) is 1. The van der Waals surface area contributed by atoms with Gasteiger partial charge in [0.1, 0.15) is 0 Å². The lowest BCUT2D eigenvalue weighted by Gasteiger charge is -2.48. The number of hydrogen-bond acceptors (Lipinski definition) is 5. The summed E-state index contributed by atoms with van der Waals surface area (Å²) < 4.78 is 11.9. The summed E-state index contributed by atoms with van der Waals surface area (Å²) in [6, 6.07) is 8.08. The minimum absolute atomic E-state index is 0.0125. The van der Waals surface area contributed by atoms with Crippen molar-refractivity contribution in [1.29, 1.82) is 5.26 Å². The first kappa shape index (κ1) is 21.2. The predicted octanol–water partition coefficient (Wildman–Crippen LogP) is 2.78. The van der Waals surface area contributed by atoms with E-state index in [0.717, 1.165) is 24.8 Å². The van der Waals surface area contributed by atoms with Gasteiger partial charge in [0.2, 0.25) is 5.91 Å². The van der Waals surface area contributed by atoms with Crippen molar-refractivity contribution in [3.05, 3.63) is 34.9 Å². The molecule has 4 rings (SSSR count). The second-order valence-electron chi connectivity index (χ2n) is 8.71. The molecule has 1 aromatic rings. The van der Waals surface area contributed by atoms with Crippen LogP contribution in [-0.2, 0) is 27.2 Å². The van der Waals surface area contributed by atoms with Crippen LogP contribution in [0.4, 0.5) is 0 Å². The molecule has 0 saturated carbocycles. The van der Waals surface area contributed by atoms with Gasteiger partial charge in [-0.1, -0.05) is 13.0 Å². The van der Waals surface area contributed by atoms with Crippen molar-refractivity contribution >= 4 is 23.2 Å². The van der Waals surface area contributed by atoms with E-state index in [0.29, 0.717) is 48.6 Å². The van der Waals surface area contributed by atoms with Crippen molar-refractivity contribution < 1.29 is 14.3 Å². The van der Waals surface area contributed by atoms with Gasteiger partial charge in [0.15, 0.2) is 5.11 Å². The van der Waals surface area contributed by atoms with Crippen LogP contribution in [0.25, 0.3) is 0 Å². The number of ether oxygens (including phenoxy) is 2. The van der Waals surface area contributed by atoms with Crippen LogP contribution >= 0.6 is 12.2 Å². The number of methoxy groups -OCH3 is 1. The van der Waals surface area contributed by atoms with Crippen LogP contribution in [0.2, 0.25) is 0 Å². The Labute approximate surface area is 183 Å². The average molecular weight is 428 g/mol. The molecule has 3 aliphatic rings. The normalized spacial score (nSPS) is 32.0. The quantitative estimate of drug-likeness (QED) is 0.695. The second kappa shape index (κ2) is 9.01. The highest BCUT2D eigenvalue weighted by Crippen LogP contribution is 2.39. The topological polar surface area (TPSA) is 74.6 Å². The highest BCUT2D eigenvalue weighted by Gasteiger charge is 2.45. The summed E-state index contributed by atoms with van der Waals surface area (Å²) in [4.78, 5) is 14.7. The Morgan fingerprint density at radius 3 is 2.80 bits per heavy atom. The van der Waals surface area contributed by atoms with Crippen molar-refractivity contribution in [1.82, 2.24) is 10.2 Å². The van der Waals surface area contributed by atoms with Gasteiger partial charge in [-0.05, 0) is 66.6 Å². The van der Waals surface area contributed by atoms with E-state index in [4.69, 9.17) is 21.7 Å². The highest BCUT2D eigenvalue weighted by atomic mass is 32.1. The number of amides is 1. The molecular weight excluding hydrogens is 398 g/mol. The Kier molecular flexibility index (Phi) is 6.37. The smallest absolute Gasteiger partial charge is 0.228 e. The number of rotatable bonds is 1. The molecule has 2 fully saturated rings. The first-order valence-corrected chi connectivity index (χ1v) is 11.2. The lowest BCUT2D eigenvalue weighted by molar-refractivity contribution is -0.175. The first-order valence-electron chi connectivity index (χ1n) is 10.8. The molecule has 2 saturated heterocycles. The molecule has 0 radical (unpaired) electrons. The van der Waals surface area contributed by atoms with Gasteiger partial charge < -0.3 is 14.8 Å². The van der Waals surface area contributed by atoms with E-state index < -0.39 is 0 Å². The maximum absolute atomic E-state index is 13.0. The zero-order chi connectivity index (χ0) is 21.3. The van der Waals surface area contributed by atoms with E-state index >= 15 is 0 Å². The third-order valence-electron chi connectivity index (χ3n) is 7.02. The molecule has 7 heteroatoms. The summed E-state index contributed by atoms with van der Waals surface area (Å²) in [5.41, 5.74) is 2.91. The van der Waals surface area contributed by atoms with Crippen LogP contribution in [0, 0.1) is 29.1 Å². The molecule has 0 aromatic heterocycles. The molecule has 1 aromatic carbocycles. The zero-order valence-corrected chi connectivity index (χ0v) is 18.4. The van der Waals surface area contributed by atoms with E-state index in [1.165, 1.54) is 5.56 Å². The van der Waals surface area contributed by atoms with Crippen LogP contribution in [0.1, 0.15) is 42.9 Å². The summed E-state index contributed by atoms with van der Waals surface area (Å²) in [5, 5.41) is 13.0. The lowest BCUT2D eigenvalue weighted by atomic mass is 9.73. The monoisotopic (exact) mass is 427 g/mol. The summed E-state index contributed by atoms with van der Waals surface area (Å²) in [7, 11) is 1.79. The maximum Gasteiger partial charge on any atom is 0.228 e. The molecule has 6 nitrogen and oxygen atoms in total. The molecule has 5 atom stereocenters. The van der Waals surface area contributed by atoms with Crippen molar-refractivity contribution in [2.75, 3.05) is 20.3 Å². The number of nitriles is 1. The largest absolute Gasteiger partial charge is 0.381 e. The van der Waals surface area contributed by atoms with Gasteiger partial charge in [-0.3, -0.25) is 9.69 Å². The number of thiocarbonyl (C=S) groups is 1. The molecule has 3 aliphatic heterocycles. The summed E-state index contributed by atoms with van der Waals surface area (Å²) in [6.07, 6.45) is 3.22. The van der Waals surface area contributed by atoms with Crippen LogP contribution in [0.5, 0.6) is 0 Å². The van der Waals surface area contributed by atoms with Crippen molar-refractivity contribution in [2.45, 2.75) is 51.4 Å². The summed E-state index contributed by atoms with van der Waals surface area (Å²) in [6.45, 7) is 3.87. The van der Waals surface area contributed by atoms with Gasteiger partial charge in [0.25, 0.3) is 0 Å². The fourth-order valence-electron chi connectivity index (χ4n) is 5.20. The van der Waals surface area contributed by atoms with Crippen LogP contribution < -0.4 is 5.32 Å². The minimum atomic E-state index is -0.0125. The molecule has 0 spiro atoms. The van der Waals surface area contributed by atoms with Gasteiger partial charge >= 0.3 is 0 Å². The summed E-state index contributed by atoms with van der Waals surface area (Å²) >= 11 is 5.62. The first-order chi connectivity index (χ1) is 14.5. The molecule has 5 unspecified atom stereocenters. The molecule has 0 aliphatic carbocycles. The fourth-order valence-corrected chi connectivity index (χ4v) is 5.45. The van der Waals surface area contributed by atoms with E-state index in [-0.39, 0.29) is 24.0 Å². The third-order valence-corrected chi connectivity index (χ3v) is 7.38. The van der Waals surface area contributed by atoms with E-state index in [9.17, 15) is 10.1 Å². The third kappa shape index (κ3) is 4.09. The number of carbonyl (C=O) groups excluding carboxylic acids is 1. The van der Waals surface area contributed by atoms with E-state index in [1.807, 2.05) is 12.1 Å². The summed E-state index contributed by atoms with van der Waals surface area (Å²) in [5.74, 6) is 0.998. The standard InChI is InChI=1S/C23H29N3O3S/c1-14-3-8-21(27)26-12-20-19(13-29-20)18(22(14)28-2)7-6-16-5-4-15(10-24)9-17(16)11-25-23(26)30/h4-5,9,14,18-20,22H,3,6-8,11-13H2,1-2H3,(H,25,30). The van der Waals surface area contributed by atoms with Crippen LogP contribution in [-0.4, -0.2) is 48.4 Å². The van der Waals surface area contributed by atoms with Crippen LogP contribution in [0.3, 0.4) is 0 Å². The number of fused-ring (bicyclic) bond motifs is 2. The average Bonchev–Trinajstić information content (AvgIpc) is 2.73. The molecule has 1 amide bonds. The van der Waals surface area contributed by atoms with E-state index in [1.54, 1.807) is 12.0 Å².